The lowest BCUT2D eigenvalue weighted by molar-refractivity contribution is -0.385. The highest BCUT2D eigenvalue weighted by Gasteiger charge is 2.06. The number of carbonyl (C=O) groups is 1. The zero-order chi connectivity index (χ0) is 15.1. The Bertz CT molecular complexity index is 598. The number of carbonyl (C=O) groups excluding carboxylic acids is 1. The molecule has 2 aromatic rings. The molecule has 2 heterocycles. The van der Waals surface area contributed by atoms with Crippen LogP contribution >= 0.6 is 11.3 Å². The maximum Gasteiger partial charge on any atom is 0.311 e. The average molecular weight is 307 g/mol. The molecule has 0 spiro atoms. The molecule has 0 saturated carbocycles. The van der Waals surface area contributed by atoms with Crippen LogP contribution in [0.5, 0.6) is 0 Å². The van der Waals surface area contributed by atoms with Crippen LogP contribution < -0.4 is 5.32 Å². The quantitative estimate of drug-likeness (QED) is 0.365. The number of anilines is 1. The Balaban J connectivity index is 1.67. The number of ether oxygens (including phenoxy) is 1. The predicted octanol–water partition coefficient (Wildman–Crippen LogP) is 2.25. The van der Waals surface area contributed by atoms with E-state index in [-0.39, 0.29) is 24.7 Å². The zero-order valence-electron chi connectivity index (χ0n) is 11.0. The molecule has 0 saturated heterocycles. The van der Waals surface area contributed by atoms with Gasteiger partial charge in [0.1, 0.15) is 18.6 Å². The lowest BCUT2D eigenvalue weighted by atomic mass is 10.3. The van der Waals surface area contributed by atoms with E-state index in [1.165, 1.54) is 29.7 Å². The van der Waals surface area contributed by atoms with Crippen LogP contribution in [0, 0.1) is 10.1 Å². The van der Waals surface area contributed by atoms with Crippen molar-refractivity contribution in [3.05, 3.63) is 50.8 Å². The number of esters is 1. The summed E-state index contributed by atoms with van der Waals surface area (Å²) in [5.74, 6) is 0.214. The SMILES string of the molecule is O=C(Cc1cccs1)OCCNc1ccc([N+](=O)[O-])cn1. The summed E-state index contributed by atoms with van der Waals surface area (Å²) in [6.07, 6.45) is 1.44. The fourth-order valence-electron chi connectivity index (χ4n) is 1.55. The smallest absolute Gasteiger partial charge is 0.311 e. The minimum atomic E-state index is -0.511. The van der Waals surface area contributed by atoms with Crippen LogP contribution in [-0.2, 0) is 16.0 Å². The fourth-order valence-corrected chi connectivity index (χ4v) is 2.24. The van der Waals surface area contributed by atoms with E-state index in [1.54, 1.807) is 0 Å². The van der Waals surface area contributed by atoms with Gasteiger partial charge in [-0.15, -0.1) is 11.3 Å². The van der Waals surface area contributed by atoms with Crippen LogP contribution in [0.3, 0.4) is 0 Å². The van der Waals surface area contributed by atoms with Gasteiger partial charge >= 0.3 is 5.97 Å². The first-order chi connectivity index (χ1) is 10.1. The highest BCUT2D eigenvalue weighted by molar-refractivity contribution is 7.10. The first-order valence-corrected chi connectivity index (χ1v) is 7.05. The minimum Gasteiger partial charge on any atom is -0.464 e. The molecule has 0 amide bonds. The maximum atomic E-state index is 11.5. The van der Waals surface area contributed by atoms with Crippen molar-refractivity contribution >= 4 is 28.8 Å². The molecule has 0 radical (unpaired) electrons. The summed E-state index contributed by atoms with van der Waals surface area (Å²) in [7, 11) is 0. The van der Waals surface area contributed by atoms with Gasteiger partial charge in [-0.2, -0.15) is 0 Å². The minimum absolute atomic E-state index is 0.0667. The monoisotopic (exact) mass is 307 g/mol. The molecule has 0 aliphatic heterocycles. The number of thiophene rings is 1. The van der Waals surface area contributed by atoms with Crippen LogP contribution in [-0.4, -0.2) is 29.0 Å². The molecule has 2 aromatic heterocycles. The van der Waals surface area contributed by atoms with Gasteiger partial charge in [-0.25, -0.2) is 4.98 Å². The zero-order valence-corrected chi connectivity index (χ0v) is 11.8. The number of nitrogens with zero attached hydrogens (tertiary/aromatic N) is 2. The number of nitrogens with one attached hydrogen (secondary N) is 1. The van der Waals surface area contributed by atoms with Gasteiger partial charge in [0.2, 0.25) is 0 Å². The highest BCUT2D eigenvalue weighted by atomic mass is 32.1. The molecule has 110 valence electrons. The summed E-state index contributed by atoms with van der Waals surface area (Å²) in [6.45, 7) is 0.601. The van der Waals surface area contributed by atoms with Crippen molar-refractivity contribution in [2.24, 2.45) is 0 Å². The molecule has 0 bridgehead atoms. The molecule has 0 unspecified atom stereocenters. The van der Waals surface area contributed by atoms with Crippen LogP contribution in [0.15, 0.2) is 35.8 Å². The Hall–Kier alpha value is -2.48. The largest absolute Gasteiger partial charge is 0.464 e. The fraction of sp³-hybridized carbons (Fsp3) is 0.231. The van der Waals surface area contributed by atoms with Crippen molar-refractivity contribution in [1.82, 2.24) is 4.98 Å². The molecular formula is C13H13N3O4S. The molecule has 0 aromatic carbocycles. The topological polar surface area (TPSA) is 94.4 Å². The van der Waals surface area contributed by atoms with E-state index < -0.39 is 4.92 Å². The van der Waals surface area contributed by atoms with Crippen LogP contribution in [0.25, 0.3) is 0 Å². The lowest BCUT2D eigenvalue weighted by Gasteiger charge is -2.06. The molecule has 0 atom stereocenters. The van der Waals surface area contributed by atoms with Gasteiger partial charge in [0.05, 0.1) is 17.9 Å². The Kier molecular flexibility index (Phi) is 5.22. The number of pyridine rings is 1. The van der Waals surface area contributed by atoms with E-state index in [9.17, 15) is 14.9 Å². The number of hydrogen-bond acceptors (Lipinski definition) is 7. The standard InChI is InChI=1S/C13H13N3O4S/c17-13(8-11-2-1-7-21-11)20-6-5-14-12-4-3-10(9-15-12)16(18)19/h1-4,7,9H,5-6,8H2,(H,14,15). The summed E-state index contributed by atoms with van der Waals surface area (Å²) in [4.78, 5) is 26.3. The van der Waals surface area contributed by atoms with E-state index in [2.05, 4.69) is 10.3 Å². The molecule has 7 nitrogen and oxygen atoms in total. The van der Waals surface area contributed by atoms with Gasteiger partial charge < -0.3 is 10.1 Å². The van der Waals surface area contributed by atoms with Crippen molar-refractivity contribution in [3.63, 3.8) is 0 Å². The Labute approximate surface area is 124 Å². The Morgan fingerprint density at radius 1 is 1.43 bits per heavy atom. The van der Waals surface area contributed by atoms with Crippen LogP contribution in [0.2, 0.25) is 0 Å². The van der Waals surface area contributed by atoms with Crippen molar-refractivity contribution in [1.29, 1.82) is 0 Å². The second-order valence-corrected chi connectivity index (χ2v) is 5.09. The third-order valence-electron chi connectivity index (χ3n) is 2.53. The Morgan fingerprint density at radius 3 is 2.90 bits per heavy atom. The summed E-state index contributed by atoms with van der Waals surface area (Å²) in [5, 5.41) is 15.3. The van der Waals surface area contributed by atoms with E-state index in [1.807, 2.05) is 17.5 Å². The molecule has 2 rings (SSSR count). The summed E-state index contributed by atoms with van der Waals surface area (Å²) >= 11 is 1.51. The first-order valence-electron chi connectivity index (χ1n) is 6.17. The van der Waals surface area contributed by atoms with Crippen molar-refractivity contribution in [3.8, 4) is 0 Å². The van der Waals surface area contributed by atoms with Gasteiger partial charge in [-0.05, 0) is 17.5 Å². The third-order valence-corrected chi connectivity index (χ3v) is 3.40. The lowest BCUT2D eigenvalue weighted by Crippen LogP contribution is -2.15. The molecule has 1 N–H and O–H groups in total. The van der Waals surface area contributed by atoms with Gasteiger partial charge in [0.25, 0.3) is 5.69 Å². The number of aromatic nitrogens is 1. The first kappa shape index (κ1) is 14.9. The number of rotatable bonds is 7. The normalized spacial score (nSPS) is 10.1. The van der Waals surface area contributed by atoms with Crippen molar-refractivity contribution < 1.29 is 14.5 Å². The number of hydrogen-bond donors (Lipinski definition) is 1. The van der Waals surface area contributed by atoms with Gasteiger partial charge in [-0.3, -0.25) is 14.9 Å². The predicted molar refractivity (Wildman–Crippen MR) is 78.4 cm³/mol. The number of nitro groups is 1. The summed E-state index contributed by atoms with van der Waals surface area (Å²) in [5.41, 5.74) is -0.0667. The summed E-state index contributed by atoms with van der Waals surface area (Å²) in [6, 6.07) is 6.63. The van der Waals surface area contributed by atoms with E-state index in [4.69, 9.17) is 4.74 Å². The van der Waals surface area contributed by atoms with E-state index >= 15 is 0 Å². The highest BCUT2D eigenvalue weighted by Crippen LogP contribution is 2.11. The molecule has 0 aliphatic rings. The Morgan fingerprint density at radius 2 is 2.29 bits per heavy atom. The second kappa shape index (κ2) is 7.34. The maximum absolute atomic E-state index is 11.5. The van der Waals surface area contributed by atoms with Crippen molar-refractivity contribution in [2.45, 2.75) is 6.42 Å². The molecule has 0 aliphatic carbocycles. The van der Waals surface area contributed by atoms with Gasteiger partial charge in [0.15, 0.2) is 0 Å². The van der Waals surface area contributed by atoms with Crippen LogP contribution in [0.4, 0.5) is 11.5 Å². The van der Waals surface area contributed by atoms with Crippen molar-refractivity contribution in [2.75, 3.05) is 18.5 Å². The van der Waals surface area contributed by atoms with Gasteiger partial charge in [-0.1, -0.05) is 6.07 Å². The van der Waals surface area contributed by atoms with E-state index in [0.29, 0.717) is 12.4 Å². The van der Waals surface area contributed by atoms with E-state index in [0.717, 1.165) is 4.88 Å². The molecule has 8 heteroatoms. The summed E-state index contributed by atoms with van der Waals surface area (Å²) < 4.78 is 5.07. The molecular weight excluding hydrogens is 294 g/mol. The molecule has 21 heavy (non-hydrogen) atoms. The van der Waals surface area contributed by atoms with Crippen LogP contribution in [0.1, 0.15) is 4.88 Å². The van der Waals surface area contributed by atoms with Gasteiger partial charge in [0, 0.05) is 10.9 Å². The molecule has 0 fully saturated rings. The second-order valence-electron chi connectivity index (χ2n) is 4.06. The third kappa shape index (κ3) is 4.84. The average Bonchev–Trinajstić information content (AvgIpc) is 2.97.